The van der Waals surface area contributed by atoms with Gasteiger partial charge in [0.2, 0.25) is 0 Å². The van der Waals surface area contributed by atoms with Crippen LogP contribution in [-0.2, 0) is 4.74 Å². The summed E-state index contributed by atoms with van der Waals surface area (Å²) in [5.41, 5.74) is 4.67. The second kappa shape index (κ2) is 8.44. The molecule has 1 atom stereocenters. The van der Waals surface area contributed by atoms with E-state index in [1.165, 1.54) is 5.69 Å². The van der Waals surface area contributed by atoms with Crippen molar-refractivity contribution in [2.24, 2.45) is 0 Å². The van der Waals surface area contributed by atoms with Crippen LogP contribution in [-0.4, -0.2) is 42.4 Å². The van der Waals surface area contributed by atoms with Gasteiger partial charge in [0.05, 0.1) is 35.9 Å². The first-order valence-corrected chi connectivity index (χ1v) is 10.4. The Morgan fingerprint density at radius 3 is 2.50 bits per heavy atom. The van der Waals surface area contributed by atoms with Crippen LogP contribution in [0.5, 0.6) is 0 Å². The third kappa shape index (κ3) is 4.03. The molecule has 1 N–H and O–H groups in total. The summed E-state index contributed by atoms with van der Waals surface area (Å²) in [6.45, 7) is 11.2. The first-order chi connectivity index (χ1) is 14.4. The highest BCUT2D eigenvalue weighted by Gasteiger charge is 2.21. The van der Waals surface area contributed by atoms with E-state index in [1.807, 2.05) is 33.8 Å². The van der Waals surface area contributed by atoms with Gasteiger partial charge >= 0.3 is 0 Å². The summed E-state index contributed by atoms with van der Waals surface area (Å²) < 4.78 is 10.8. The topological polar surface area (TPSA) is 80.5 Å². The van der Waals surface area contributed by atoms with Gasteiger partial charge in [0.25, 0.3) is 11.6 Å². The van der Waals surface area contributed by atoms with Gasteiger partial charge in [-0.3, -0.25) is 4.79 Å². The predicted molar refractivity (Wildman–Crippen MR) is 116 cm³/mol. The van der Waals surface area contributed by atoms with Crippen molar-refractivity contribution in [1.29, 1.82) is 0 Å². The van der Waals surface area contributed by atoms with Gasteiger partial charge in [-0.1, -0.05) is 31.1 Å². The molecule has 0 bridgehead atoms. The summed E-state index contributed by atoms with van der Waals surface area (Å²) in [5.74, 6) is 0.0249. The first-order valence-electron chi connectivity index (χ1n) is 10.4. The molecule has 0 aliphatic carbocycles. The Morgan fingerprint density at radius 2 is 1.83 bits per heavy atom. The zero-order valence-corrected chi connectivity index (χ0v) is 17.9. The minimum Gasteiger partial charge on any atom is -0.378 e. The van der Waals surface area contributed by atoms with Crippen LogP contribution < -0.4 is 10.2 Å². The SMILES string of the molecule is Cc1noc2nc(C(C)C)cc(C(=O)N[C@@H](C)c3ccc(N4CCOCC4)cc3)c12. The summed E-state index contributed by atoms with van der Waals surface area (Å²) in [4.78, 5) is 20.0. The quantitative estimate of drug-likeness (QED) is 0.688. The van der Waals surface area contributed by atoms with E-state index >= 15 is 0 Å². The van der Waals surface area contributed by atoms with Crippen molar-refractivity contribution in [3.05, 3.63) is 52.8 Å². The highest BCUT2D eigenvalue weighted by molar-refractivity contribution is 6.06. The van der Waals surface area contributed by atoms with E-state index in [0.29, 0.717) is 22.4 Å². The normalized spacial score (nSPS) is 15.6. The number of nitrogens with zero attached hydrogens (tertiary/aromatic N) is 3. The number of carbonyl (C=O) groups excluding carboxylic acids is 1. The van der Waals surface area contributed by atoms with E-state index in [2.05, 4.69) is 44.6 Å². The maximum Gasteiger partial charge on any atom is 0.259 e. The van der Waals surface area contributed by atoms with Crippen LogP contribution in [0.3, 0.4) is 0 Å². The fourth-order valence-electron chi connectivity index (χ4n) is 3.74. The van der Waals surface area contributed by atoms with Crippen molar-refractivity contribution in [3.8, 4) is 0 Å². The van der Waals surface area contributed by atoms with Crippen molar-refractivity contribution in [2.75, 3.05) is 31.2 Å². The Labute approximate surface area is 176 Å². The molecule has 3 heterocycles. The molecule has 0 radical (unpaired) electrons. The van der Waals surface area contributed by atoms with E-state index in [-0.39, 0.29) is 17.9 Å². The van der Waals surface area contributed by atoms with Crippen LogP contribution in [0.15, 0.2) is 34.9 Å². The lowest BCUT2D eigenvalue weighted by molar-refractivity contribution is 0.0941. The second-order valence-electron chi connectivity index (χ2n) is 8.08. The molecular weight excluding hydrogens is 380 g/mol. The number of carbonyl (C=O) groups is 1. The minimum atomic E-state index is -0.152. The fraction of sp³-hybridized carbons (Fsp3) is 0.435. The molecule has 7 nitrogen and oxygen atoms in total. The van der Waals surface area contributed by atoms with Crippen LogP contribution in [0.25, 0.3) is 11.1 Å². The molecular formula is C23H28N4O3. The summed E-state index contributed by atoms with van der Waals surface area (Å²) in [7, 11) is 0. The molecule has 1 aromatic carbocycles. The Bertz CT molecular complexity index is 1040. The number of benzene rings is 1. The Hall–Kier alpha value is -2.93. The molecule has 0 saturated carbocycles. The summed E-state index contributed by atoms with van der Waals surface area (Å²) >= 11 is 0. The average molecular weight is 409 g/mol. The van der Waals surface area contributed by atoms with E-state index in [9.17, 15) is 4.79 Å². The van der Waals surface area contributed by atoms with E-state index in [4.69, 9.17) is 9.26 Å². The number of nitrogens with one attached hydrogen (secondary N) is 1. The maximum atomic E-state index is 13.2. The monoisotopic (exact) mass is 408 g/mol. The number of rotatable bonds is 5. The lowest BCUT2D eigenvalue weighted by atomic mass is 10.0. The number of anilines is 1. The Morgan fingerprint density at radius 1 is 1.13 bits per heavy atom. The molecule has 1 saturated heterocycles. The molecule has 2 aromatic heterocycles. The number of pyridine rings is 1. The fourth-order valence-corrected chi connectivity index (χ4v) is 3.74. The van der Waals surface area contributed by atoms with Gasteiger partial charge in [-0.2, -0.15) is 0 Å². The van der Waals surface area contributed by atoms with Crippen molar-refractivity contribution in [2.45, 2.75) is 39.7 Å². The molecule has 3 aromatic rings. The summed E-state index contributed by atoms with van der Waals surface area (Å²) in [5, 5.41) is 7.79. The van der Waals surface area contributed by atoms with Crippen molar-refractivity contribution in [3.63, 3.8) is 0 Å². The van der Waals surface area contributed by atoms with Crippen molar-refractivity contribution in [1.82, 2.24) is 15.5 Å². The minimum absolute atomic E-state index is 0.137. The second-order valence-corrected chi connectivity index (χ2v) is 8.08. The molecule has 0 unspecified atom stereocenters. The molecule has 4 rings (SSSR count). The highest BCUT2D eigenvalue weighted by atomic mass is 16.5. The molecule has 1 aliphatic heterocycles. The van der Waals surface area contributed by atoms with Crippen LogP contribution in [0.4, 0.5) is 5.69 Å². The number of amides is 1. The third-order valence-corrected chi connectivity index (χ3v) is 5.59. The highest BCUT2D eigenvalue weighted by Crippen LogP contribution is 2.26. The van der Waals surface area contributed by atoms with E-state index in [1.54, 1.807) is 0 Å². The van der Waals surface area contributed by atoms with Crippen LogP contribution in [0.1, 0.15) is 60.0 Å². The predicted octanol–water partition coefficient (Wildman–Crippen LogP) is 3.98. The summed E-state index contributed by atoms with van der Waals surface area (Å²) in [6.07, 6.45) is 0. The zero-order valence-electron chi connectivity index (χ0n) is 17.9. The van der Waals surface area contributed by atoms with Gasteiger partial charge in [0, 0.05) is 24.5 Å². The van der Waals surface area contributed by atoms with Crippen molar-refractivity contribution >= 4 is 22.7 Å². The Balaban J connectivity index is 1.54. The Kier molecular flexibility index (Phi) is 5.72. The lowest BCUT2D eigenvalue weighted by Gasteiger charge is -2.29. The maximum absolute atomic E-state index is 13.2. The van der Waals surface area contributed by atoms with Crippen LogP contribution >= 0.6 is 0 Å². The standard InChI is InChI=1S/C23H28N4O3/c1-14(2)20-13-19(21-16(4)26-30-23(21)25-20)22(28)24-15(3)17-5-7-18(8-6-17)27-9-11-29-12-10-27/h5-8,13-15H,9-12H2,1-4H3,(H,24,28)/t15-/m0/s1. The zero-order chi connectivity index (χ0) is 21.3. The molecule has 158 valence electrons. The number of hydrogen-bond acceptors (Lipinski definition) is 6. The van der Waals surface area contributed by atoms with Gasteiger partial charge in [-0.05, 0) is 43.5 Å². The molecule has 1 amide bonds. The van der Waals surface area contributed by atoms with Gasteiger partial charge in [0.1, 0.15) is 0 Å². The van der Waals surface area contributed by atoms with Crippen LogP contribution in [0.2, 0.25) is 0 Å². The largest absolute Gasteiger partial charge is 0.378 e. The number of fused-ring (bicyclic) bond motifs is 1. The number of hydrogen-bond donors (Lipinski definition) is 1. The number of aryl methyl sites for hydroxylation is 1. The summed E-state index contributed by atoms with van der Waals surface area (Å²) in [6, 6.07) is 10.1. The molecule has 1 fully saturated rings. The smallest absolute Gasteiger partial charge is 0.259 e. The first kappa shape index (κ1) is 20.3. The van der Waals surface area contributed by atoms with Gasteiger partial charge in [0.15, 0.2) is 0 Å². The number of aromatic nitrogens is 2. The average Bonchev–Trinajstić information content (AvgIpc) is 3.14. The van der Waals surface area contributed by atoms with Crippen molar-refractivity contribution < 1.29 is 14.1 Å². The molecule has 0 spiro atoms. The number of ether oxygens (including phenoxy) is 1. The van der Waals surface area contributed by atoms with Gasteiger partial charge < -0.3 is 19.5 Å². The molecule has 30 heavy (non-hydrogen) atoms. The van der Waals surface area contributed by atoms with E-state index in [0.717, 1.165) is 37.6 Å². The lowest BCUT2D eigenvalue weighted by Crippen LogP contribution is -2.36. The molecule has 7 heteroatoms. The van der Waals surface area contributed by atoms with Crippen LogP contribution in [0, 0.1) is 6.92 Å². The van der Waals surface area contributed by atoms with Gasteiger partial charge in [-0.25, -0.2) is 4.98 Å². The third-order valence-electron chi connectivity index (χ3n) is 5.59. The van der Waals surface area contributed by atoms with Gasteiger partial charge in [-0.15, -0.1) is 0 Å². The molecule has 1 aliphatic rings. The van der Waals surface area contributed by atoms with E-state index < -0.39 is 0 Å². The number of morpholine rings is 1.